The number of hydrogen-bond donors (Lipinski definition) is 0. The Morgan fingerprint density at radius 2 is 1.14 bits per heavy atom. The summed E-state index contributed by atoms with van der Waals surface area (Å²) in [5.74, 6) is 0.791. The molecular weight excluding hydrogens is 679 g/mol. The number of benzene rings is 9. The van der Waals surface area contributed by atoms with Gasteiger partial charge in [0.2, 0.25) is 0 Å². The molecule has 0 aliphatic rings. The Bertz CT molecular complexity index is 3040. The molecule has 10 aromatic rings. The fraction of sp³-hybridized carbons (Fsp3) is 0. The van der Waals surface area contributed by atoms with E-state index in [1.165, 1.54) is 43.6 Å². The molecule has 0 saturated carbocycles. The first-order chi connectivity index (χ1) is 27.7. The van der Waals surface area contributed by atoms with E-state index < -0.39 is 0 Å². The van der Waals surface area contributed by atoms with Gasteiger partial charge >= 0.3 is 0 Å². The lowest BCUT2D eigenvalue weighted by atomic mass is 9.94. The van der Waals surface area contributed by atoms with Crippen LogP contribution in [-0.2, 0) is 0 Å². The van der Waals surface area contributed by atoms with Crippen LogP contribution >= 0.6 is 0 Å². The summed E-state index contributed by atoms with van der Waals surface area (Å²) in [5.41, 5.74) is 10.7. The number of hydrogen-bond acceptors (Lipinski definition) is 2. The zero-order chi connectivity index (χ0) is 37.4. The summed E-state index contributed by atoms with van der Waals surface area (Å²) >= 11 is 0. The number of furan rings is 1. The Labute approximate surface area is 326 Å². The predicted molar refractivity (Wildman–Crippen MR) is 238 cm³/mol. The van der Waals surface area contributed by atoms with Crippen LogP contribution in [0.3, 0.4) is 0 Å². The standard InChI is InChI=1S/C54H37NO/c1-2-14-51(54-36-43-33-40-18-6-7-19-42(40)35-53(43)56-54)50-23-10-11-26-52(50)55(45-21-12-20-41(34-45)37-15-4-3-5-16-37)44-30-27-39(28-31-44)47-24-13-25-48-46-22-9-8-17-38(46)29-32-49(47)48/h2-36H,1H2/b51-14-. The second kappa shape index (κ2) is 14.1. The molecule has 0 saturated heterocycles. The van der Waals surface area contributed by atoms with Crippen LogP contribution in [0.25, 0.3) is 71.1 Å². The van der Waals surface area contributed by atoms with Crippen molar-refractivity contribution in [2.45, 2.75) is 0 Å². The first-order valence-corrected chi connectivity index (χ1v) is 19.0. The second-order valence-corrected chi connectivity index (χ2v) is 14.2. The quantitative estimate of drug-likeness (QED) is 0.115. The highest BCUT2D eigenvalue weighted by Crippen LogP contribution is 2.44. The summed E-state index contributed by atoms with van der Waals surface area (Å²) in [7, 11) is 0. The van der Waals surface area contributed by atoms with Crippen molar-refractivity contribution >= 4 is 65.9 Å². The molecule has 1 heterocycles. The minimum absolute atomic E-state index is 0.791. The Morgan fingerprint density at radius 1 is 0.446 bits per heavy atom. The van der Waals surface area contributed by atoms with Gasteiger partial charge in [-0.25, -0.2) is 0 Å². The van der Waals surface area contributed by atoms with Crippen LogP contribution in [0, 0.1) is 0 Å². The van der Waals surface area contributed by atoms with E-state index in [-0.39, 0.29) is 0 Å². The molecule has 2 heteroatoms. The average molecular weight is 716 g/mol. The molecule has 2 nitrogen and oxygen atoms in total. The van der Waals surface area contributed by atoms with Gasteiger partial charge in [-0.1, -0.05) is 170 Å². The summed E-state index contributed by atoms with van der Waals surface area (Å²) in [4.78, 5) is 2.36. The summed E-state index contributed by atoms with van der Waals surface area (Å²) in [6.45, 7) is 4.13. The van der Waals surface area contributed by atoms with Gasteiger partial charge in [-0.15, -0.1) is 0 Å². The third-order valence-corrected chi connectivity index (χ3v) is 10.8. The van der Waals surface area contributed by atoms with Crippen molar-refractivity contribution in [2.24, 2.45) is 0 Å². The first-order valence-electron chi connectivity index (χ1n) is 19.0. The molecule has 0 aliphatic heterocycles. The molecule has 0 atom stereocenters. The molecular formula is C54H37NO. The molecule has 0 aliphatic carbocycles. The van der Waals surface area contributed by atoms with Crippen molar-refractivity contribution in [1.82, 2.24) is 0 Å². The number of nitrogens with zero attached hydrogens (tertiary/aromatic N) is 1. The van der Waals surface area contributed by atoms with Gasteiger partial charge in [0.1, 0.15) is 11.3 Å². The maximum Gasteiger partial charge on any atom is 0.136 e. The van der Waals surface area contributed by atoms with E-state index in [0.717, 1.165) is 55.9 Å². The van der Waals surface area contributed by atoms with Gasteiger partial charge in [0.05, 0.1) is 5.69 Å². The minimum atomic E-state index is 0.791. The highest BCUT2D eigenvalue weighted by Gasteiger charge is 2.21. The molecule has 56 heavy (non-hydrogen) atoms. The zero-order valence-corrected chi connectivity index (χ0v) is 30.8. The van der Waals surface area contributed by atoms with Gasteiger partial charge < -0.3 is 9.32 Å². The Hall–Kier alpha value is -7.42. The fourth-order valence-corrected chi connectivity index (χ4v) is 8.14. The monoisotopic (exact) mass is 715 g/mol. The SMILES string of the molecule is C=C/C=C(\c1cc2cc3ccccc3cc2o1)c1ccccc1N(c1ccc(-c2cccc3c2ccc2ccccc23)cc1)c1cccc(-c2ccccc2)c1. The van der Waals surface area contributed by atoms with Gasteiger partial charge in [-0.3, -0.25) is 0 Å². The van der Waals surface area contributed by atoms with Crippen LogP contribution in [0.5, 0.6) is 0 Å². The molecule has 0 fully saturated rings. The molecule has 0 amide bonds. The van der Waals surface area contributed by atoms with Crippen LogP contribution in [-0.4, -0.2) is 0 Å². The smallest absolute Gasteiger partial charge is 0.136 e. The number of rotatable bonds is 8. The lowest BCUT2D eigenvalue weighted by molar-refractivity contribution is 0.601. The van der Waals surface area contributed by atoms with Crippen molar-refractivity contribution in [1.29, 1.82) is 0 Å². The predicted octanol–water partition coefficient (Wildman–Crippen LogP) is 15.3. The van der Waals surface area contributed by atoms with Gasteiger partial charge in [-0.05, 0) is 103 Å². The Morgan fingerprint density at radius 3 is 1.98 bits per heavy atom. The van der Waals surface area contributed by atoms with Crippen LogP contribution in [0.1, 0.15) is 11.3 Å². The third kappa shape index (κ3) is 5.95. The van der Waals surface area contributed by atoms with Crippen LogP contribution in [0.4, 0.5) is 17.1 Å². The number of anilines is 3. The summed E-state index contributed by atoms with van der Waals surface area (Å²) in [6.07, 6.45) is 3.90. The number of para-hydroxylation sites is 1. The Kier molecular flexibility index (Phi) is 8.35. The van der Waals surface area contributed by atoms with E-state index in [4.69, 9.17) is 4.42 Å². The van der Waals surface area contributed by atoms with Gasteiger partial charge in [-0.2, -0.15) is 0 Å². The lowest BCUT2D eigenvalue weighted by Gasteiger charge is -2.29. The zero-order valence-electron chi connectivity index (χ0n) is 30.8. The molecule has 0 N–H and O–H groups in total. The Balaban J connectivity index is 1.13. The van der Waals surface area contributed by atoms with E-state index in [0.29, 0.717) is 0 Å². The van der Waals surface area contributed by atoms with Gasteiger partial charge in [0.25, 0.3) is 0 Å². The molecule has 0 radical (unpaired) electrons. The maximum atomic E-state index is 6.66. The highest BCUT2D eigenvalue weighted by atomic mass is 16.3. The minimum Gasteiger partial charge on any atom is -0.456 e. The lowest BCUT2D eigenvalue weighted by Crippen LogP contribution is -2.12. The normalized spacial score (nSPS) is 11.8. The third-order valence-electron chi connectivity index (χ3n) is 10.8. The van der Waals surface area contributed by atoms with Crippen LogP contribution < -0.4 is 4.90 Å². The molecule has 0 bridgehead atoms. The number of fused-ring (bicyclic) bond motifs is 5. The largest absolute Gasteiger partial charge is 0.456 e. The summed E-state index contributed by atoms with van der Waals surface area (Å²) < 4.78 is 6.66. The molecule has 0 spiro atoms. The second-order valence-electron chi connectivity index (χ2n) is 14.2. The van der Waals surface area contributed by atoms with Gasteiger partial charge in [0.15, 0.2) is 0 Å². The van der Waals surface area contributed by atoms with Crippen molar-refractivity contribution < 1.29 is 4.42 Å². The molecule has 10 rings (SSSR count). The van der Waals surface area contributed by atoms with E-state index in [2.05, 4.69) is 218 Å². The molecule has 1 aromatic heterocycles. The summed E-state index contributed by atoms with van der Waals surface area (Å²) in [5, 5.41) is 8.43. The summed E-state index contributed by atoms with van der Waals surface area (Å²) in [6, 6.07) is 71.5. The first kappa shape index (κ1) is 33.2. The molecule has 9 aromatic carbocycles. The van der Waals surface area contributed by atoms with E-state index >= 15 is 0 Å². The van der Waals surface area contributed by atoms with E-state index in [1.54, 1.807) is 0 Å². The van der Waals surface area contributed by atoms with Crippen molar-refractivity contribution in [2.75, 3.05) is 4.90 Å². The van der Waals surface area contributed by atoms with E-state index in [9.17, 15) is 0 Å². The highest BCUT2D eigenvalue weighted by molar-refractivity contribution is 6.12. The van der Waals surface area contributed by atoms with Crippen molar-refractivity contribution in [3.63, 3.8) is 0 Å². The molecule has 0 unspecified atom stereocenters. The topological polar surface area (TPSA) is 16.4 Å². The van der Waals surface area contributed by atoms with Crippen molar-refractivity contribution in [3.05, 3.63) is 230 Å². The van der Waals surface area contributed by atoms with Crippen molar-refractivity contribution in [3.8, 4) is 22.3 Å². The van der Waals surface area contributed by atoms with Crippen LogP contribution in [0.2, 0.25) is 0 Å². The number of allylic oxidation sites excluding steroid dienone is 2. The van der Waals surface area contributed by atoms with Crippen LogP contribution in [0.15, 0.2) is 223 Å². The van der Waals surface area contributed by atoms with Gasteiger partial charge in [0, 0.05) is 27.9 Å². The molecule has 264 valence electrons. The fourth-order valence-electron chi connectivity index (χ4n) is 8.14. The maximum absolute atomic E-state index is 6.66. The van der Waals surface area contributed by atoms with E-state index in [1.807, 2.05) is 6.08 Å². The average Bonchev–Trinajstić information content (AvgIpc) is 3.68.